The zero-order valence-corrected chi connectivity index (χ0v) is 15.5. The van der Waals surface area contributed by atoms with Crippen LogP contribution in [-0.4, -0.2) is 22.9 Å². The van der Waals surface area contributed by atoms with E-state index in [1.807, 2.05) is 17.0 Å². The number of rotatable bonds is 4. The molecule has 25 heavy (non-hydrogen) atoms. The molecule has 2 atom stereocenters. The molecule has 0 N–H and O–H groups in total. The smallest absolute Gasteiger partial charge is 0.234 e. The topological polar surface area (TPSA) is 20.3 Å². The Kier molecular flexibility index (Phi) is 5.08. The first kappa shape index (κ1) is 17.5. The molecule has 0 spiro atoms. The summed E-state index contributed by atoms with van der Waals surface area (Å²) in [6.45, 7) is 8.35. The Bertz CT molecular complexity index is 753. The van der Waals surface area contributed by atoms with Gasteiger partial charge >= 0.3 is 0 Å². The lowest BCUT2D eigenvalue weighted by Gasteiger charge is -2.35. The van der Waals surface area contributed by atoms with Crippen molar-refractivity contribution in [2.75, 3.05) is 0 Å². The van der Waals surface area contributed by atoms with Crippen LogP contribution in [0.1, 0.15) is 56.2 Å². The third-order valence-electron chi connectivity index (χ3n) is 4.95. The highest BCUT2D eigenvalue weighted by Crippen LogP contribution is 2.38. The zero-order chi connectivity index (χ0) is 18.0. The number of allylic oxidation sites excluding steroid dienone is 1. The molecule has 1 aliphatic carbocycles. The minimum atomic E-state index is -0.194. The molecule has 0 saturated heterocycles. The van der Waals surface area contributed by atoms with Crippen LogP contribution in [0.4, 0.5) is 0 Å². The molecule has 130 valence electrons. The average molecular weight is 333 g/mol. The van der Waals surface area contributed by atoms with Gasteiger partial charge in [0, 0.05) is 18.0 Å². The van der Waals surface area contributed by atoms with Gasteiger partial charge in [-0.3, -0.25) is 4.79 Å². The van der Waals surface area contributed by atoms with Gasteiger partial charge < -0.3 is 4.90 Å². The summed E-state index contributed by atoms with van der Waals surface area (Å²) < 4.78 is 0. The Morgan fingerprint density at radius 2 is 1.36 bits per heavy atom. The molecule has 3 rings (SSSR count). The summed E-state index contributed by atoms with van der Waals surface area (Å²) in [5.74, 6) is 0.217. The van der Waals surface area contributed by atoms with E-state index in [1.165, 1.54) is 11.1 Å². The molecule has 0 fully saturated rings. The van der Waals surface area contributed by atoms with Crippen LogP contribution in [0.25, 0.3) is 0 Å². The number of benzene rings is 2. The van der Waals surface area contributed by atoms with E-state index in [2.05, 4.69) is 82.3 Å². The Morgan fingerprint density at radius 1 is 0.800 bits per heavy atom. The van der Waals surface area contributed by atoms with Crippen molar-refractivity contribution >= 4 is 5.91 Å². The van der Waals surface area contributed by atoms with Crippen LogP contribution in [0.3, 0.4) is 0 Å². The molecule has 0 bridgehead atoms. The van der Waals surface area contributed by atoms with Crippen LogP contribution in [0.15, 0.2) is 66.7 Å². The predicted octanol–water partition coefficient (Wildman–Crippen LogP) is 5.12. The van der Waals surface area contributed by atoms with Gasteiger partial charge in [0.25, 0.3) is 0 Å². The summed E-state index contributed by atoms with van der Waals surface area (Å²) >= 11 is 0. The first-order valence-corrected chi connectivity index (χ1v) is 9.15. The van der Waals surface area contributed by atoms with Gasteiger partial charge in [-0.1, -0.05) is 66.7 Å². The maximum absolute atomic E-state index is 13.3. The van der Waals surface area contributed by atoms with Gasteiger partial charge in [-0.2, -0.15) is 0 Å². The fourth-order valence-electron chi connectivity index (χ4n) is 3.94. The monoisotopic (exact) mass is 333 g/mol. The Balaban J connectivity index is 2.01. The lowest BCUT2D eigenvalue weighted by atomic mass is 9.78. The fraction of sp³-hybridized carbons (Fsp3) is 0.348. The lowest BCUT2D eigenvalue weighted by Crippen LogP contribution is -2.44. The largest absolute Gasteiger partial charge is 0.337 e. The second-order valence-corrected chi connectivity index (χ2v) is 7.31. The average Bonchev–Trinajstić information content (AvgIpc) is 2.60. The molecule has 0 aliphatic heterocycles. The van der Waals surface area contributed by atoms with Crippen molar-refractivity contribution in [3.05, 3.63) is 83.4 Å². The van der Waals surface area contributed by atoms with Gasteiger partial charge in [-0.15, -0.1) is 0 Å². The second-order valence-electron chi connectivity index (χ2n) is 7.31. The van der Waals surface area contributed by atoms with Crippen molar-refractivity contribution in [1.82, 2.24) is 4.90 Å². The predicted molar refractivity (Wildman–Crippen MR) is 104 cm³/mol. The van der Waals surface area contributed by atoms with E-state index in [9.17, 15) is 4.79 Å². The van der Waals surface area contributed by atoms with E-state index < -0.39 is 0 Å². The molecule has 0 heterocycles. The maximum atomic E-state index is 13.3. The van der Waals surface area contributed by atoms with Crippen LogP contribution in [0, 0.1) is 0 Å². The maximum Gasteiger partial charge on any atom is 0.234 e. The lowest BCUT2D eigenvalue weighted by molar-refractivity contribution is -0.135. The third-order valence-corrected chi connectivity index (χ3v) is 4.95. The van der Waals surface area contributed by atoms with Crippen molar-refractivity contribution in [2.24, 2.45) is 0 Å². The van der Waals surface area contributed by atoms with Crippen LogP contribution in [0.2, 0.25) is 0 Å². The first-order valence-electron chi connectivity index (χ1n) is 9.15. The number of hydrogen-bond donors (Lipinski definition) is 0. The van der Waals surface area contributed by atoms with Gasteiger partial charge in [0.15, 0.2) is 0 Å². The molecule has 0 radical (unpaired) electrons. The van der Waals surface area contributed by atoms with Crippen molar-refractivity contribution < 1.29 is 4.79 Å². The minimum absolute atomic E-state index is 0.194. The summed E-state index contributed by atoms with van der Waals surface area (Å²) in [6, 6.07) is 19.3. The van der Waals surface area contributed by atoms with Crippen LogP contribution >= 0.6 is 0 Å². The quantitative estimate of drug-likeness (QED) is 0.711. The van der Waals surface area contributed by atoms with Crippen molar-refractivity contribution in [2.45, 2.75) is 51.6 Å². The van der Waals surface area contributed by atoms with Gasteiger partial charge in [0.2, 0.25) is 5.91 Å². The SMILES string of the molecule is CC(C)N(C(=O)[C@H]1C=C[C@@H](c2ccccc2)c2ccccc21)C(C)C. The molecule has 0 saturated carbocycles. The molecule has 0 unspecified atom stereocenters. The number of hydrogen-bond acceptors (Lipinski definition) is 1. The minimum Gasteiger partial charge on any atom is -0.337 e. The van der Waals surface area contributed by atoms with E-state index >= 15 is 0 Å². The van der Waals surface area contributed by atoms with Gasteiger partial charge in [-0.05, 0) is 44.4 Å². The molecule has 2 aromatic rings. The summed E-state index contributed by atoms with van der Waals surface area (Å²) in [5, 5.41) is 0. The molecule has 2 aromatic carbocycles. The van der Waals surface area contributed by atoms with E-state index in [1.54, 1.807) is 0 Å². The standard InChI is InChI=1S/C23H27NO/c1-16(2)24(17(3)4)23(25)22-15-14-19(18-10-6-5-7-11-18)20-12-8-9-13-21(20)22/h5-17,19,22H,1-4H3/t19-,22-/m0/s1. The number of carbonyl (C=O) groups is 1. The summed E-state index contributed by atoms with van der Waals surface area (Å²) in [4.78, 5) is 15.3. The van der Waals surface area contributed by atoms with Gasteiger partial charge in [0.05, 0.1) is 5.92 Å². The van der Waals surface area contributed by atoms with Crippen molar-refractivity contribution in [3.63, 3.8) is 0 Å². The molecule has 0 aromatic heterocycles. The van der Waals surface area contributed by atoms with E-state index in [-0.39, 0.29) is 29.8 Å². The van der Waals surface area contributed by atoms with Crippen LogP contribution in [-0.2, 0) is 4.79 Å². The van der Waals surface area contributed by atoms with Crippen LogP contribution in [0.5, 0.6) is 0 Å². The summed E-state index contributed by atoms with van der Waals surface area (Å²) in [5.41, 5.74) is 3.64. The van der Waals surface area contributed by atoms with E-state index in [0.717, 1.165) is 5.56 Å². The van der Waals surface area contributed by atoms with E-state index in [4.69, 9.17) is 0 Å². The molecular weight excluding hydrogens is 306 g/mol. The molecular formula is C23H27NO. The summed E-state index contributed by atoms with van der Waals surface area (Å²) in [7, 11) is 0. The number of carbonyl (C=O) groups excluding carboxylic acids is 1. The van der Waals surface area contributed by atoms with Crippen molar-refractivity contribution in [3.8, 4) is 0 Å². The zero-order valence-electron chi connectivity index (χ0n) is 15.5. The molecule has 1 amide bonds. The molecule has 1 aliphatic rings. The van der Waals surface area contributed by atoms with Gasteiger partial charge in [0.1, 0.15) is 0 Å². The Morgan fingerprint density at radius 3 is 1.96 bits per heavy atom. The van der Waals surface area contributed by atoms with E-state index in [0.29, 0.717) is 0 Å². The number of amides is 1. The Labute approximate surface area is 151 Å². The normalized spacial score (nSPS) is 19.1. The molecule has 2 heteroatoms. The number of nitrogens with zero attached hydrogens (tertiary/aromatic N) is 1. The number of fused-ring (bicyclic) bond motifs is 1. The third kappa shape index (κ3) is 3.39. The van der Waals surface area contributed by atoms with Gasteiger partial charge in [-0.25, -0.2) is 0 Å². The highest BCUT2D eigenvalue weighted by molar-refractivity contribution is 5.87. The fourth-order valence-corrected chi connectivity index (χ4v) is 3.94. The Hall–Kier alpha value is -2.35. The molecule has 2 nitrogen and oxygen atoms in total. The highest BCUT2D eigenvalue weighted by atomic mass is 16.2. The summed E-state index contributed by atoms with van der Waals surface area (Å²) in [6.07, 6.45) is 4.29. The first-order chi connectivity index (χ1) is 12.0. The highest BCUT2D eigenvalue weighted by Gasteiger charge is 2.32. The second kappa shape index (κ2) is 7.26. The van der Waals surface area contributed by atoms with Crippen LogP contribution < -0.4 is 0 Å². The van der Waals surface area contributed by atoms with Crippen molar-refractivity contribution in [1.29, 1.82) is 0 Å².